The van der Waals surface area contributed by atoms with Gasteiger partial charge in [-0.3, -0.25) is 9.78 Å². The van der Waals surface area contributed by atoms with E-state index in [0.717, 1.165) is 5.69 Å². The van der Waals surface area contributed by atoms with Gasteiger partial charge in [0.2, 0.25) is 0 Å². The molecule has 0 bridgehead atoms. The Hall–Kier alpha value is -2.14. The Bertz CT molecular complexity index is 534. The van der Waals surface area contributed by atoms with Gasteiger partial charge in [-0.1, -0.05) is 0 Å². The second-order valence-corrected chi connectivity index (χ2v) is 3.56. The van der Waals surface area contributed by atoms with E-state index >= 15 is 0 Å². The number of hydrogen-bond donors (Lipinski definition) is 2. The van der Waals surface area contributed by atoms with E-state index in [1.807, 2.05) is 6.92 Å². The Balaban J connectivity index is 2.14. The number of carbonyl (C=O) groups is 1. The second kappa shape index (κ2) is 4.80. The number of pyridine rings is 1. The third kappa shape index (κ3) is 2.51. The molecule has 0 atom stereocenters. The minimum absolute atomic E-state index is 0.244. The number of carbonyl (C=O) groups excluding carboxylic acids is 1. The fourth-order valence-electron chi connectivity index (χ4n) is 1.41. The zero-order chi connectivity index (χ0) is 12.3. The standard InChI is InChI=1S/C12H13N3O2/c1-8-10(3-2-6-14-8)15-12(16)11-5-4-9(7-13)17-11/h2-6H,7,13H2,1H3,(H,15,16). The van der Waals surface area contributed by atoms with E-state index in [-0.39, 0.29) is 18.2 Å². The maximum Gasteiger partial charge on any atom is 0.291 e. The van der Waals surface area contributed by atoms with Gasteiger partial charge < -0.3 is 15.5 Å². The summed E-state index contributed by atoms with van der Waals surface area (Å²) < 4.78 is 5.25. The lowest BCUT2D eigenvalue weighted by molar-refractivity contribution is 0.0995. The first-order chi connectivity index (χ1) is 8.20. The van der Waals surface area contributed by atoms with Gasteiger partial charge in [-0.25, -0.2) is 0 Å². The molecule has 0 saturated carbocycles. The highest BCUT2D eigenvalue weighted by Crippen LogP contribution is 2.13. The van der Waals surface area contributed by atoms with E-state index < -0.39 is 0 Å². The molecule has 3 N–H and O–H groups in total. The van der Waals surface area contributed by atoms with Crippen LogP contribution in [0.3, 0.4) is 0 Å². The Labute approximate surface area is 98.6 Å². The van der Waals surface area contributed by atoms with Crippen molar-refractivity contribution in [2.45, 2.75) is 13.5 Å². The van der Waals surface area contributed by atoms with E-state index in [1.54, 1.807) is 30.5 Å². The van der Waals surface area contributed by atoms with Crippen molar-refractivity contribution in [2.24, 2.45) is 5.73 Å². The molecule has 0 aliphatic carbocycles. The van der Waals surface area contributed by atoms with Crippen molar-refractivity contribution in [3.8, 4) is 0 Å². The van der Waals surface area contributed by atoms with Gasteiger partial charge in [0.05, 0.1) is 17.9 Å². The summed E-state index contributed by atoms with van der Waals surface area (Å²) in [6.45, 7) is 2.10. The summed E-state index contributed by atoms with van der Waals surface area (Å²) >= 11 is 0. The average molecular weight is 231 g/mol. The average Bonchev–Trinajstić information content (AvgIpc) is 2.81. The molecule has 17 heavy (non-hydrogen) atoms. The van der Waals surface area contributed by atoms with Crippen LogP contribution < -0.4 is 11.1 Å². The molecule has 5 heteroatoms. The Morgan fingerprint density at radius 3 is 2.94 bits per heavy atom. The van der Waals surface area contributed by atoms with Gasteiger partial charge in [-0.2, -0.15) is 0 Å². The topological polar surface area (TPSA) is 81.2 Å². The molecule has 0 aromatic carbocycles. The van der Waals surface area contributed by atoms with E-state index in [4.69, 9.17) is 10.2 Å². The highest BCUT2D eigenvalue weighted by molar-refractivity contribution is 6.02. The van der Waals surface area contributed by atoms with Crippen LogP contribution in [0.15, 0.2) is 34.9 Å². The van der Waals surface area contributed by atoms with E-state index in [0.29, 0.717) is 11.4 Å². The van der Waals surface area contributed by atoms with Gasteiger partial charge in [0.25, 0.3) is 5.91 Å². The lowest BCUT2D eigenvalue weighted by Gasteiger charge is -2.05. The minimum atomic E-state index is -0.305. The zero-order valence-corrected chi connectivity index (χ0v) is 9.43. The molecule has 0 aliphatic rings. The summed E-state index contributed by atoms with van der Waals surface area (Å²) in [5.41, 5.74) is 6.83. The summed E-state index contributed by atoms with van der Waals surface area (Å²) in [7, 11) is 0. The first kappa shape index (κ1) is 11.3. The summed E-state index contributed by atoms with van der Waals surface area (Å²) in [5.74, 6) is 0.521. The van der Waals surface area contributed by atoms with Crippen LogP contribution in [0.2, 0.25) is 0 Å². The summed E-state index contributed by atoms with van der Waals surface area (Å²) in [6.07, 6.45) is 1.67. The lowest BCUT2D eigenvalue weighted by Crippen LogP contribution is -2.12. The largest absolute Gasteiger partial charge is 0.455 e. The molecular formula is C12H13N3O2. The molecule has 0 aliphatic heterocycles. The van der Waals surface area contributed by atoms with E-state index in [1.165, 1.54) is 0 Å². The maximum atomic E-state index is 11.8. The van der Waals surface area contributed by atoms with Crippen LogP contribution in [0.25, 0.3) is 0 Å². The molecule has 2 aromatic rings. The second-order valence-electron chi connectivity index (χ2n) is 3.56. The molecule has 88 valence electrons. The van der Waals surface area contributed by atoms with Gasteiger partial charge in [-0.05, 0) is 31.2 Å². The van der Waals surface area contributed by atoms with Crippen molar-refractivity contribution in [3.05, 3.63) is 47.7 Å². The monoisotopic (exact) mass is 231 g/mol. The van der Waals surface area contributed by atoms with Crippen molar-refractivity contribution in [3.63, 3.8) is 0 Å². The van der Waals surface area contributed by atoms with Crippen molar-refractivity contribution in [1.82, 2.24) is 4.98 Å². The Kier molecular flexibility index (Phi) is 3.20. The highest BCUT2D eigenvalue weighted by Gasteiger charge is 2.11. The van der Waals surface area contributed by atoms with Crippen molar-refractivity contribution in [1.29, 1.82) is 0 Å². The van der Waals surface area contributed by atoms with Crippen LogP contribution in [0.1, 0.15) is 22.0 Å². The number of rotatable bonds is 3. The zero-order valence-electron chi connectivity index (χ0n) is 9.43. The van der Waals surface area contributed by atoms with Gasteiger partial charge in [0.15, 0.2) is 5.76 Å². The van der Waals surface area contributed by atoms with E-state index in [2.05, 4.69) is 10.3 Å². The van der Waals surface area contributed by atoms with Crippen LogP contribution in [0, 0.1) is 6.92 Å². The fraction of sp³-hybridized carbons (Fsp3) is 0.167. The van der Waals surface area contributed by atoms with Crippen molar-refractivity contribution in [2.75, 3.05) is 5.32 Å². The van der Waals surface area contributed by atoms with Crippen LogP contribution in [0.5, 0.6) is 0 Å². The molecule has 1 amide bonds. The number of furan rings is 1. The van der Waals surface area contributed by atoms with Crippen molar-refractivity contribution >= 4 is 11.6 Å². The van der Waals surface area contributed by atoms with Crippen LogP contribution in [-0.2, 0) is 6.54 Å². The predicted molar refractivity (Wildman–Crippen MR) is 63.5 cm³/mol. The number of hydrogen-bond acceptors (Lipinski definition) is 4. The number of aryl methyl sites for hydroxylation is 1. The molecule has 0 fully saturated rings. The Morgan fingerprint density at radius 2 is 2.29 bits per heavy atom. The van der Waals surface area contributed by atoms with Gasteiger partial charge >= 0.3 is 0 Å². The highest BCUT2D eigenvalue weighted by atomic mass is 16.4. The predicted octanol–water partition coefficient (Wildman–Crippen LogP) is 1.69. The number of nitrogens with one attached hydrogen (secondary N) is 1. The third-order valence-corrected chi connectivity index (χ3v) is 2.34. The number of amides is 1. The fourth-order valence-corrected chi connectivity index (χ4v) is 1.41. The van der Waals surface area contributed by atoms with Crippen LogP contribution in [0.4, 0.5) is 5.69 Å². The van der Waals surface area contributed by atoms with Crippen molar-refractivity contribution < 1.29 is 9.21 Å². The minimum Gasteiger partial charge on any atom is -0.455 e. The van der Waals surface area contributed by atoms with Crippen LogP contribution in [-0.4, -0.2) is 10.9 Å². The SMILES string of the molecule is Cc1ncccc1NC(=O)c1ccc(CN)o1. The number of nitrogens with zero attached hydrogens (tertiary/aromatic N) is 1. The molecular weight excluding hydrogens is 218 g/mol. The number of nitrogens with two attached hydrogens (primary N) is 1. The molecule has 5 nitrogen and oxygen atoms in total. The quantitative estimate of drug-likeness (QED) is 0.842. The van der Waals surface area contributed by atoms with Crippen LogP contribution >= 0.6 is 0 Å². The van der Waals surface area contributed by atoms with E-state index in [9.17, 15) is 4.79 Å². The molecule has 2 heterocycles. The van der Waals surface area contributed by atoms with Gasteiger partial charge in [-0.15, -0.1) is 0 Å². The molecule has 2 rings (SSSR count). The first-order valence-corrected chi connectivity index (χ1v) is 5.22. The van der Waals surface area contributed by atoms with Gasteiger partial charge in [0.1, 0.15) is 5.76 Å². The molecule has 0 saturated heterocycles. The lowest BCUT2D eigenvalue weighted by atomic mass is 10.3. The number of anilines is 1. The van der Waals surface area contributed by atoms with Gasteiger partial charge in [0, 0.05) is 6.20 Å². The molecule has 0 radical (unpaired) electrons. The third-order valence-electron chi connectivity index (χ3n) is 2.34. The molecule has 0 spiro atoms. The first-order valence-electron chi connectivity index (χ1n) is 5.22. The normalized spacial score (nSPS) is 10.2. The summed E-state index contributed by atoms with van der Waals surface area (Å²) in [5, 5.41) is 2.73. The smallest absolute Gasteiger partial charge is 0.291 e. The Morgan fingerprint density at radius 1 is 1.47 bits per heavy atom. The summed E-state index contributed by atoms with van der Waals surface area (Å²) in [4.78, 5) is 15.9. The summed E-state index contributed by atoms with van der Waals surface area (Å²) in [6, 6.07) is 6.83. The molecule has 0 unspecified atom stereocenters. The maximum absolute atomic E-state index is 11.8. The number of aromatic nitrogens is 1. The molecule has 2 aromatic heterocycles.